The van der Waals surface area contributed by atoms with Gasteiger partial charge < -0.3 is 28.1 Å². The zero-order chi connectivity index (χ0) is 39.5. The molecule has 292 valence electrons. The Balaban J connectivity index is 1.47. The topological polar surface area (TPSA) is 46.8 Å². The third kappa shape index (κ3) is 4.09. The quantitative estimate of drug-likeness (QED) is 0.180. The van der Waals surface area contributed by atoms with E-state index in [1.807, 2.05) is 0 Å². The number of nitrogens with zero attached hydrogens (tertiary/aromatic N) is 2. The van der Waals surface area contributed by atoms with Gasteiger partial charge in [-0.2, -0.15) is 0 Å². The molecule has 11 rings (SSSR count). The minimum Gasteiger partial charge on any atom is -0.453 e. The first-order chi connectivity index (χ1) is 26.3. The summed E-state index contributed by atoms with van der Waals surface area (Å²) in [5.41, 5.74) is 14.7. The first-order valence-electron chi connectivity index (χ1n) is 21.3. The molecule has 0 saturated heterocycles. The number of benzene rings is 4. The van der Waals surface area contributed by atoms with E-state index in [1.165, 1.54) is 88.1 Å². The first-order valence-corrected chi connectivity index (χ1v) is 21.3. The lowest BCUT2D eigenvalue weighted by Gasteiger charge is -2.26. The monoisotopic (exact) mass is 750 g/mol. The maximum Gasteiger partial charge on any atom is 0.252 e. The Morgan fingerprint density at radius 3 is 0.839 bits per heavy atom. The number of aromatic nitrogens is 2. The van der Waals surface area contributed by atoms with Crippen LogP contribution in [0.15, 0.2) is 24.3 Å². The fourth-order valence-corrected chi connectivity index (χ4v) is 11.3. The number of ether oxygens (including phenoxy) is 4. The standard InChI is InChI=1S/C50H58N2O4/c1-15-17-51-27-19-23(47(3,4)5)41-35-31(27)32-28(51)20-24(48(6,7)8)42-36(32)40-38-34-30(22-26(50(12,13)14)44(38)56-46(40)54-42)52(18-16-2)29-21-25(49(9,10)11)43-37(33(29)34)39(35)45(53-41)55-43/h19-22,39-40,45-46H,15-18H2,1-14H3. The molecular weight excluding hydrogens is 693 g/mol. The van der Waals surface area contributed by atoms with Crippen molar-refractivity contribution >= 4 is 43.6 Å². The second-order valence-corrected chi connectivity index (χ2v) is 21.7. The summed E-state index contributed by atoms with van der Waals surface area (Å²) >= 11 is 0. The predicted molar refractivity (Wildman–Crippen MR) is 228 cm³/mol. The van der Waals surface area contributed by atoms with Crippen LogP contribution in [0.5, 0.6) is 23.0 Å². The molecule has 6 heteroatoms. The van der Waals surface area contributed by atoms with E-state index in [4.69, 9.17) is 18.9 Å². The highest BCUT2D eigenvalue weighted by atomic mass is 16.7. The Labute approximate surface area is 331 Å². The summed E-state index contributed by atoms with van der Waals surface area (Å²) in [5, 5.41) is 5.24. The molecule has 4 aromatic carbocycles. The first kappa shape index (κ1) is 34.9. The highest BCUT2D eigenvalue weighted by Crippen LogP contribution is 2.66. The lowest BCUT2D eigenvalue weighted by atomic mass is 9.75. The molecule has 2 aromatic heterocycles. The fourth-order valence-electron chi connectivity index (χ4n) is 11.3. The second kappa shape index (κ2) is 10.4. The molecule has 0 fully saturated rings. The van der Waals surface area contributed by atoms with Gasteiger partial charge in [0.05, 0.1) is 11.8 Å². The Bertz CT molecular complexity index is 2410. The smallest absolute Gasteiger partial charge is 0.252 e. The Kier molecular flexibility index (Phi) is 6.48. The van der Waals surface area contributed by atoms with E-state index in [9.17, 15) is 0 Å². The molecule has 0 radical (unpaired) electrons. The van der Waals surface area contributed by atoms with Crippen LogP contribution >= 0.6 is 0 Å². The van der Waals surface area contributed by atoms with Gasteiger partial charge in [0.2, 0.25) is 0 Å². The third-order valence-electron chi connectivity index (χ3n) is 13.7. The molecule has 6 aromatic rings. The van der Waals surface area contributed by atoms with E-state index in [0.29, 0.717) is 0 Å². The van der Waals surface area contributed by atoms with Crippen molar-refractivity contribution < 1.29 is 18.9 Å². The maximum atomic E-state index is 7.29. The van der Waals surface area contributed by atoms with E-state index in [1.54, 1.807) is 0 Å². The third-order valence-corrected chi connectivity index (χ3v) is 13.7. The van der Waals surface area contributed by atoms with E-state index < -0.39 is 12.6 Å². The molecule has 4 aliphatic heterocycles. The fraction of sp³-hybridized carbons (Fsp3) is 0.520. The van der Waals surface area contributed by atoms with Crippen molar-refractivity contribution in [3.8, 4) is 23.0 Å². The van der Waals surface area contributed by atoms with Crippen LogP contribution in [-0.4, -0.2) is 21.7 Å². The Morgan fingerprint density at radius 2 is 0.643 bits per heavy atom. The van der Waals surface area contributed by atoms with Crippen molar-refractivity contribution in [1.82, 2.24) is 9.13 Å². The summed E-state index contributed by atoms with van der Waals surface area (Å²) in [4.78, 5) is 0. The van der Waals surface area contributed by atoms with Crippen LogP contribution in [0.1, 0.15) is 166 Å². The van der Waals surface area contributed by atoms with E-state index in [2.05, 4.69) is 130 Å². The van der Waals surface area contributed by atoms with E-state index in [-0.39, 0.29) is 33.5 Å². The van der Waals surface area contributed by atoms with Crippen molar-refractivity contribution in [2.45, 2.75) is 169 Å². The van der Waals surface area contributed by atoms with Gasteiger partial charge in [0.1, 0.15) is 23.0 Å². The summed E-state index contributed by atoms with van der Waals surface area (Å²) in [5.74, 6) is 3.85. The van der Waals surface area contributed by atoms with Gasteiger partial charge >= 0.3 is 0 Å². The van der Waals surface area contributed by atoms with Gasteiger partial charge in [0, 0.05) is 101 Å². The van der Waals surface area contributed by atoms with Crippen LogP contribution in [0.3, 0.4) is 0 Å². The van der Waals surface area contributed by atoms with Crippen molar-refractivity contribution in [2.24, 2.45) is 0 Å². The number of hydrogen-bond donors (Lipinski definition) is 0. The van der Waals surface area contributed by atoms with Gasteiger partial charge in [-0.3, -0.25) is 0 Å². The average Bonchev–Trinajstić information content (AvgIpc) is 3.90. The van der Waals surface area contributed by atoms with E-state index >= 15 is 0 Å². The lowest BCUT2D eigenvalue weighted by Crippen LogP contribution is -2.21. The van der Waals surface area contributed by atoms with Crippen molar-refractivity contribution in [3.05, 3.63) is 68.8 Å². The highest BCUT2D eigenvalue weighted by molar-refractivity contribution is 6.19. The molecule has 6 heterocycles. The van der Waals surface area contributed by atoms with Gasteiger partial charge in [0.25, 0.3) is 12.6 Å². The zero-order valence-electron chi connectivity index (χ0n) is 36.0. The molecular formula is C50H58N2O4. The maximum absolute atomic E-state index is 7.29. The molecule has 5 aliphatic rings. The molecule has 1 aliphatic carbocycles. The average molecular weight is 751 g/mol. The SMILES string of the molecule is CCCn1c2cc(C(C)(C)C)c3c4c2c2c5c(c(C(C)(C)C)cc21)OC1Oc2c(C(C)(C)C)cc6c(c2C51)c1c2c(c(C(C)(C)C)cc1n6CCC)OC(O3)C42. The summed E-state index contributed by atoms with van der Waals surface area (Å²) in [6.45, 7) is 34.4. The minimum absolute atomic E-state index is 0.0937. The van der Waals surface area contributed by atoms with Gasteiger partial charge in [-0.15, -0.1) is 0 Å². The molecule has 0 bridgehead atoms. The zero-order valence-corrected chi connectivity index (χ0v) is 36.0. The summed E-state index contributed by atoms with van der Waals surface area (Å²) in [7, 11) is 0. The van der Waals surface area contributed by atoms with E-state index in [0.717, 1.165) is 48.9 Å². The predicted octanol–water partition coefficient (Wildman–Crippen LogP) is 12.7. The highest BCUT2D eigenvalue weighted by Gasteiger charge is 2.55. The van der Waals surface area contributed by atoms with Gasteiger partial charge in [0.15, 0.2) is 0 Å². The Hall–Kier alpha value is -4.32. The van der Waals surface area contributed by atoms with Crippen LogP contribution < -0.4 is 18.9 Å². The molecule has 56 heavy (non-hydrogen) atoms. The van der Waals surface area contributed by atoms with Crippen molar-refractivity contribution in [1.29, 1.82) is 0 Å². The van der Waals surface area contributed by atoms with Gasteiger partial charge in [-0.05, 0) is 58.8 Å². The van der Waals surface area contributed by atoms with Crippen LogP contribution in [0.2, 0.25) is 0 Å². The van der Waals surface area contributed by atoms with Crippen LogP contribution in [0.25, 0.3) is 43.6 Å². The molecule has 0 unspecified atom stereocenters. The largest absolute Gasteiger partial charge is 0.453 e. The number of rotatable bonds is 4. The minimum atomic E-state index is -0.452. The lowest BCUT2D eigenvalue weighted by molar-refractivity contribution is 0.0304. The second-order valence-electron chi connectivity index (χ2n) is 21.7. The summed E-state index contributed by atoms with van der Waals surface area (Å²) < 4.78 is 34.4. The van der Waals surface area contributed by atoms with Crippen molar-refractivity contribution in [2.75, 3.05) is 0 Å². The van der Waals surface area contributed by atoms with Crippen LogP contribution in [-0.2, 0) is 34.7 Å². The normalized spacial score (nSPS) is 21.5. The number of hydrogen-bond acceptors (Lipinski definition) is 4. The number of aryl methyl sites for hydroxylation is 2. The van der Waals surface area contributed by atoms with Gasteiger partial charge in [-0.25, -0.2) is 0 Å². The molecule has 0 amide bonds. The molecule has 6 nitrogen and oxygen atoms in total. The molecule has 0 N–H and O–H groups in total. The molecule has 0 saturated carbocycles. The molecule has 0 spiro atoms. The van der Waals surface area contributed by atoms with Crippen LogP contribution in [0.4, 0.5) is 0 Å². The molecule has 0 atom stereocenters. The summed E-state index contributed by atoms with van der Waals surface area (Å²) in [6.07, 6.45) is 1.16. The van der Waals surface area contributed by atoms with Crippen LogP contribution in [0, 0.1) is 0 Å². The van der Waals surface area contributed by atoms with Crippen molar-refractivity contribution in [3.63, 3.8) is 0 Å². The Morgan fingerprint density at radius 1 is 0.411 bits per heavy atom. The summed E-state index contributed by atoms with van der Waals surface area (Å²) in [6, 6.07) is 9.86. The van der Waals surface area contributed by atoms with Gasteiger partial charge in [-0.1, -0.05) is 96.9 Å².